The van der Waals surface area contributed by atoms with E-state index in [0.29, 0.717) is 28.0 Å². The van der Waals surface area contributed by atoms with Crippen LogP contribution >= 0.6 is 34.8 Å². The van der Waals surface area contributed by atoms with Crippen LogP contribution in [0.15, 0.2) is 42.5 Å². The molecular formula is C23H27Cl3N2O2. The summed E-state index contributed by atoms with van der Waals surface area (Å²) in [6, 6.07) is 11.9. The largest absolute Gasteiger partial charge is 0.354 e. The number of rotatable bonds is 10. The summed E-state index contributed by atoms with van der Waals surface area (Å²) >= 11 is 18.4. The molecule has 4 nitrogen and oxygen atoms in total. The van der Waals surface area contributed by atoms with E-state index >= 15 is 0 Å². The first-order valence-electron chi connectivity index (χ1n) is 10.1. The van der Waals surface area contributed by atoms with Crippen LogP contribution in [0.4, 0.5) is 0 Å². The second-order valence-corrected chi connectivity index (χ2v) is 8.33. The molecule has 2 aromatic rings. The van der Waals surface area contributed by atoms with Crippen LogP contribution in [0.2, 0.25) is 15.1 Å². The highest BCUT2D eigenvalue weighted by Gasteiger charge is 2.29. The van der Waals surface area contributed by atoms with Gasteiger partial charge < -0.3 is 10.2 Å². The van der Waals surface area contributed by atoms with Crippen molar-refractivity contribution in [1.29, 1.82) is 0 Å². The second-order valence-electron chi connectivity index (χ2n) is 7.11. The van der Waals surface area contributed by atoms with Crippen molar-refractivity contribution in [2.75, 3.05) is 6.54 Å². The van der Waals surface area contributed by atoms with E-state index in [1.807, 2.05) is 31.2 Å². The summed E-state index contributed by atoms with van der Waals surface area (Å²) in [6.07, 6.45) is 2.48. The van der Waals surface area contributed by atoms with E-state index in [1.54, 1.807) is 23.1 Å². The number of nitrogens with one attached hydrogen (secondary N) is 1. The average molecular weight is 470 g/mol. The van der Waals surface area contributed by atoms with E-state index in [-0.39, 0.29) is 24.8 Å². The number of carbonyl (C=O) groups is 2. The first kappa shape index (κ1) is 24.5. The molecule has 7 heteroatoms. The second kappa shape index (κ2) is 12.2. The van der Waals surface area contributed by atoms with E-state index in [4.69, 9.17) is 34.8 Å². The lowest BCUT2D eigenvalue weighted by Crippen LogP contribution is -2.49. The highest BCUT2D eigenvalue weighted by molar-refractivity contribution is 6.42. The van der Waals surface area contributed by atoms with Gasteiger partial charge in [-0.05, 0) is 42.2 Å². The molecule has 162 valence electrons. The van der Waals surface area contributed by atoms with Gasteiger partial charge in [0.05, 0.1) is 16.5 Å². The zero-order valence-corrected chi connectivity index (χ0v) is 19.5. The molecule has 0 radical (unpaired) electrons. The molecule has 0 saturated heterocycles. The zero-order valence-electron chi connectivity index (χ0n) is 17.3. The normalized spacial score (nSPS) is 11.8. The Kier molecular flexibility index (Phi) is 9.96. The van der Waals surface area contributed by atoms with E-state index < -0.39 is 6.04 Å². The maximum atomic E-state index is 13.3. The van der Waals surface area contributed by atoms with Crippen LogP contribution in [-0.4, -0.2) is 29.3 Å². The monoisotopic (exact) mass is 468 g/mol. The van der Waals surface area contributed by atoms with Crippen molar-refractivity contribution in [3.63, 3.8) is 0 Å². The summed E-state index contributed by atoms with van der Waals surface area (Å²) in [5.74, 6) is -0.329. The minimum Gasteiger partial charge on any atom is -0.354 e. The van der Waals surface area contributed by atoms with Gasteiger partial charge in [0.1, 0.15) is 6.04 Å². The Balaban J connectivity index is 2.29. The summed E-state index contributed by atoms with van der Waals surface area (Å²) in [4.78, 5) is 27.7. The fourth-order valence-electron chi connectivity index (χ4n) is 3.17. The third kappa shape index (κ3) is 6.90. The molecule has 0 spiro atoms. The Morgan fingerprint density at radius 2 is 1.73 bits per heavy atom. The molecule has 0 saturated carbocycles. The number of hydrogen-bond acceptors (Lipinski definition) is 2. The molecular weight excluding hydrogens is 443 g/mol. The van der Waals surface area contributed by atoms with Gasteiger partial charge in [0.25, 0.3) is 0 Å². The summed E-state index contributed by atoms with van der Waals surface area (Å²) < 4.78 is 0. The van der Waals surface area contributed by atoms with Gasteiger partial charge in [0, 0.05) is 18.1 Å². The fraction of sp³-hybridized carbons (Fsp3) is 0.391. The Morgan fingerprint density at radius 1 is 1.00 bits per heavy atom. The van der Waals surface area contributed by atoms with Gasteiger partial charge in [-0.3, -0.25) is 9.59 Å². The number of nitrogens with zero attached hydrogens (tertiary/aromatic N) is 1. The molecule has 1 atom stereocenters. The Morgan fingerprint density at radius 3 is 2.37 bits per heavy atom. The first-order valence-corrected chi connectivity index (χ1v) is 11.2. The maximum absolute atomic E-state index is 13.3. The van der Waals surface area contributed by atoms with Crippen LogP contribution in [-0.2, 0) is 22.6 Å². The molecule has 1 N–H and O–H groups in total. The molecule has 0 aromatic heterocycles. The van der Waals surface area contributed by atoms with E-state index in [0.717, 1.165) is 24.0 Å². The van der Waals surface area contributed by atoms with Crippen LogP contribution in [0.1, 0.15) is 44.2 Å². The number of unbranched alkanes of at least 4 members (excludes halogenated alkanes) is 1. The highest BCUT2D eigenvalue weighted by atomic mass is 35.5. The molecule has 0 aliphatic rings. The molecule has 0 unspecified atom stereocenters. The smallest absolute Gasteiger partial charge is 0.242 e. The third-order valence-corrected chi connectivity index (χ3v) is 5.96. The van der Waals surface area contributed by atoms with Crippen LogP contribution in [0.25, 0.3) is 0 Å². The SMILES string of the molecule is CCCCNC(=O)[C@H](CC)N(Cc1ccc(Cl)c(Cl)c1)C(=O)Cc1ccccc1Cl. The van der Waals surface area contributed by atoms with Crippen LogP contribution in [0.3, 0.4) is 0 Å². The standard InChI is InChI=1S/C23H27Cl3N2O2/c1-3-5-12-27-23(30)21(4-2)28(15-16-10-11-19(25)20(26)13-16)22(29)14-17-8-6-7-9-18(17)24/h6-11,13,21H,3-5,12,14-15H2,1-2H3,(H,27,30)/t21-/m0/s1. The van der Waals surface area contributed by atoms with Crippen molar-refractivity contribution < 1.29 is 9.59 Å². The Bertz CT molecular complexity index is 873. The topological polar surface area (TPSA) is 49.4 Å². The maximum Gasteiger partial charge on any atom is 0.242 e. The predicted octanol–water partition coefficient (Wildman–Crippen LogP) is 5.91. The number of amides is 2. The van der Waals surface area contributed by atoms with Crippen molar-refractivity contribution in [1.82, 2.24) is 10.2 Å². The minimum atomic E-state index is -0.591. The molecule has 0 heterocycles. The molecule has 30 heavy (non-hydrogen) atoms. The number of carbonyl (C=O) groups excluding carboxylic acids is 2. The summed E-state index contributed by atoms with van der Waals surface area (Å²) in [5.41, 5.74) is 1.53. The van der Waals surface area contributed by atoms with Gasteiger partial charge in [0.15, 0.2) is 0 Å². The quantitative estimate of drug-likeness (QED) is 0.440. The van der Waals surface area contributed by atoms with Crippen LogP contribution < -0.4 is 5.32 Å². The van der Waals surface area contributed by atoms with Crippen molar-refractivity contribution in [2.45, 2.75) is 52.1 Å². The van der Waals surface area contributed by atoms with Crippen molar-refractivity contribution in [3.8, 4) is 0 Å². The van der Waals surface area contributed by atoms with Gasteiger partial charge in [-0.25, -0.2) is 0 Å². The zero-order chi connectivity index (χ0) is 22.1. The van der Waals surface area contributed by atoms with Crippen molar-refractivity contribution in [2.24, 2.45) is 0 Å². The third-order valence-electron chi connectivity index (χ3n) is 4.85. The average Bonchev–Trinajstić information content (AvgIpc) is 2.72. The summed E-state index contributed by atoms with van der Waals surface area (Å²) in [5, 5.41) is 4.33. The molecule has 0 aliphatic heterocycles. The first-order chi connectivity index (χ1) is 14.4. The lowest BCUT2D eigenvalue weighted by Gasteiger charge is -2.31. The van der Waals surface area contributed by atoms with Gasteiger partial charge in [-0.15, -0.1) is 0 Å². The Labute approximate surface area is 193 Å². The fourth-order valence-corrected chi connectivity index (χ4v) is 3.69. The Hall–Kier alpha value is -1.75. The van der Waals surface area contributed by atoms with E-state index in [1.165, 1.54) is 0 Å². The van der Waals surface area contributed by atoms with Gasteiger partial charge in [0.2, 0.25) is 11.8 Å². The summed E-state index contributed by atoms with van der Waals surface area (Å²) in [6.45, 7) is 4.80. The lowest BCUT2D eigenvalue weighted by molar-refractivity contribution is -0.140. The predicted molar refractivity (Wildman–Crippen MR) is 124 cm³/mol. The molecule has 2 aromatic carbocycles. The van der Waals surface area contributed by atoms with Crippen molar-refractivity contribution in [3.05, 3.63) is 68.7 Å². The number of halogens is 3. The minimum absolute atomic E-state index is 0.111. The molecule has 0 bridgehead atoms. The van der Waals surface area contributed by atoms with E-state index in [9.17, 15) is 9.59 Å². The highest BCUT2D eigenvalue weighted by Crippen LogP contribution is 2.25. The number of hydrogen-bond donors (Lipinski definition) is 1. The van der Waals surface area contributed by atoms with Gasteiger partial charge >= 0.3 is 0 Å². The number of benzene rings is 2. The van der Waals surface area contributed by atoms with Gasteiger partial charge in [-0.1, -0.05) is 79.3 Å². The molecule has 2 amide bonds. The van der Waals surface area contributed by atoms with E-state index in [2.05, 4.69) is 12.2 Å². The summed E-state index contributed by atoms with van der Waals surface area (Å²) in [7, 11) is 0. The van der Waals surface area contributed by atoms with Crippen molar-refractivity contribution >= 4 is 46.6 Å². The molecule has 0 fully saturated rings. The molecule has 2 rings (SSSR count). The molecule has 0 aliphatic carbocycles. The van der Waals surface area contributed by atoms with Gasteiger partial charge in [-0.2, -0.15) is 0 Å². The van der Waals surface area contributed by atoms with Crippen LogP contribution in [0, 0.1) is 0 Å². The lowest BCUT2D eigenvalue weighted by atomic mass is 10.1. The van der Waals surface area contributed by atoms with Crippen LogP contribution in [0.5, 0.6) is 0 Å².